The summed E-state index contributed by atoms with van der Waals surface area (Å²) < 4.78 is 35.0. The van der Waals surface area contributed by atoms with Crippen LogP contribution in [-0.2, 0) is 26.2 Å². The molecule has 0 saturated carbocycles. The molecule has 1 atom stereocenters. The van der Waals surface area contributed by atoms with E-state index in [9.17, 15) is 18.0 Å². The van der Waals surface area contributed by atoms with Crippen molar-refractivity contribution in [2.24, 2.45) is 5.92 Å². The SMILES string of the molecule is CCOc1ccccc1N(CC(=O)N(Cc1ccccc1)[C@@H](C)C(=O)NCC(C)C)S(=O)(=O)c1ccc(SC)cc1. The second-order valence-electron chi connectivity index (χ2n) is 9.91. The van der Waals surface area contributed by atoms with E-state index < -0.39 is 28.5 Å². The molecule has 2 amide bonds. The van der Waals surface area contributed by atoms with Crippen molar-refractivity contribution in [1.29, 1.82) is 0 Å². The number of ether oxygens (including phenoxy) is 1. The highest BCUT2D eigenvalue weighted by Gasteiger charge is 2.33. The van der Waals surface area contributed by atoms with E-state index >= 15 is 0 Å². The summed E-state index contributed by atoms with van der Waals surface area (Å²) in [6, 6.07) is 21.7. The molecule has 1 N–H and O–H groups in total. The molecule has 3 rings (SSSR count). The zero-order valence-corrected chi connectivity index (χ0v) is 25.9. The summed E-state index contributed by atoms with van der Waals surface area (Å²) in [5.74, 6) is -0.251. The summed E-state index contributed by atoms with van der Waals surface area (Å²) >= 11 is 1.50. The molecule has 0 aliphatic carbocycles. The Kier molecular flexibility index (Phi) is 11.7. The summed E-state index contributed by atoms with van der Waals surface area (Å²) in [5, 5.41) is 2.89. The molecule has 0 aliphatic rings. The molecule has 0 fully saturated rings. The van der Waals surface area contributed by atoms with Gasteiger partial charge in [0.1, 0.15) is 18.3 Å². The summed E-state index contributed by atoms with van der Waals surface area (Å²) in [5.41, 5.74) is 1.06. The Bertz CT molecular complexity index is 1400. The third kappa shape index (κ3) is 8.50. The zero-order valence-electron chi connectivity index (χ0n) is 24.2. The van der Waals surface area contributed by atoms with Crippen LogP contribution in [0.3, 0.4) is 0 Å². The van der Waals surface area contributed by atoms with Crippen molar-refractivity contribution in [3.05, 3.63) is 84.4 Å². The van der Waals surface area contributed by atoms with Crippen molar-refractivity contribution >= 4 is 39.3 Å². The van der Waals surface area contributed by atoms with E-state index in [-0.39, 0.29) is 29.0 Å². The van der Waals surface area contributed by atoms with E-state index in [2.05, 4.69) is 5.32 Å². The van der Waals surface area contributed by atoms with Crippen LogP contribution in [0.25, 0.3) is 0 Å². The first-order valence-corrected chi connectivity index (χ1v) is 16.2. The van der Waals surface area contributed by atoms with Gasteiger partial charge in [-0.2, -0.15) is 0 Å². The third-order valence-electron chi connectivity index (χ3n) is 6.41. The Labute approximate surface area is 248 Å². The minimum atomic E-state index is -4.19. The molecule has 0 bridgehead atoms. The first kappa shape index (κ1) is 32.0. The number of thioether (sulfide) groups is 1. The Balaban J connectivity index is 2.05. The van der Waals surface area contributed by atoms with Gasteiger partial charge in [-0.3, -0.25) is 13.9 Å². The Morgan fingerprint density at radius 2 is 1.56 bits per heavy atom. The van der Waals surface area contributed by atoms with Gasteiger partial charge in [0.05, 0.1) is 17.2 Å². The van der Waals surface area contributed by atoms with E-state index in [1.54, 1.807) is 50.2 Å². The van der Waals surface area contributed by atoms with Crippen LogP contribution in [0, 0.1) is 5.92 Å². The number of amides is 2. The molecular weight excluding hydrogens is 558 g/mol. The number of rotatable bonds is 14. The number of benzene rings is 3. The normalized spacial score (nSPS) is 12.0. The lowest BCUT2D eigenvalue weighted by Crippen LogP contribution is -2.51. The Morgan fingerprint density at radius 1 is 0.927 bits per heavy atom. The van der Waals surface area contributed by atoms with E-state index in [1.165, 1.54) is 28.8 Å². The number of nitrogens with zero attached hydrogens (tertiary/aromatic N) is 2. The molecular formula is C31H39N3O5S2. The van der Waals surface area contributed by atoms with Crippen LogP contribution in [0.2, 0.25) is 0 Å². The Hall–Kier alpha value is -3.50. The number of nitrogens with one attached hydrogen (secondary N) is 1. The second kappa shape index (κ2) is 14.9. The van der Waals surface area contributed by atoms with Crippen molar-refractivity contribution in [2.45, 2.75) is 50.1 Å². The monoisotopic (exact) mass is 597 g/mol. The van der Waals surface area contributed by atoms with E-state index in [1.807, 2.05) is 50.4 Å². The number of carbonyl (C=O) groups excluding carboxylic acids is 2. The maximum absolute atomic E-state index is 14.1. The maximum Gasteiger partial charge on any atom is 0.264 e. The van der Waals surface area contributed by atoms with Crippen LogP contribution < -0.4 is 14.4 Å². The van der Waals surface area contributed by atoms with Gasteiger partial charge in [-0.25, -0.2) is 8.42 Å². The first-order valence-electron chi connectivity index (χ1n) is 13.6. The van der Waals surface area contributed by atoms with Crippen LogP contribution in [0.5, 0.6) is 5.75 Å². The fourth-order valence-electron chi connectivity index (χ4n) is 4.14. The van der Waals surface area contributed by atoms with E-state index in [0.29, 0.717) is 18.9 Å². The second-order valence-corrected chi connectivity index (χ2v) is 12.7. The molecule has 220 valence electrons. The van der Waals surface area contributed by atoms with Crippen molar-refractivity contribution in [3.8, 4) is 5.75 Å². The fourth-order valence-corrected chi connectivity index (χ4v) is 5.98. The minimum Gasteiger partial charge on any atom is -0.492 e. The lowest BCUT2D eigenvalue weighted by molar-refractivity contribution is -0.139. The number of sulfonamides is 1. The van der Waals surface area contributed by atoms with Crippen molar-refractivity contribution in [2.75, 3.05) is 30.3 Å². The van der Waals surface area contributed by atoms with Gasteiger partial charge in [0, 0.05) is 18.0 Å². The lowest BCUT2D eigenvalue weighted by atomic mass is 10.1. The van der Waals surface area contributed by atoms with E-state index in [0.717, 1.165) is 14.8 Å². The number of hydrogen-bond donors (Lipinski definition) is 1. The van der Waals surface area contributed by atoms with Crippen molar-refractivity contribution < 1.29 is 22.7 Å². The number of anilines is 1. The van der Waals surface area contributed by atoms with Crippen LogP contribution in [0.1, 0.15) is 33.3 Å². The highest BCUT2D eigenvalue weighted by molar-refractivity contribution is 7.98. The van der Waals surface area contributed by atoms with Crippen LogP contribution >= 0.6 is 11.8 Å². The molecule has 3 aromatic carbocycles. The third-order valence-corrected chi connectivity index (χ3v) is 8.93. The van der Waals surface area contributed by atoms with E-state index in [4.69, 9.17) is 4.74 Å². The standard InChI is InChI=1S/C31H39N3O5S2/c1-6-39-29-15-11-10-14-28(29)34(41(37,38)27-18-16-26(40-5)17-19-27)22-30(35)33(21-25-12-8-7-9-13-25)24(4)31(36)32-20-23(2)3/h7-19,23-24H,6,20-22H2,1-5H3,(H,32,36)/t24-/m0/s1. The van der Waals surface area contributed by atoms with Crippen molar-refractivity contribution in [1.82, 2.24) is 10.2 Å². The molecule has 0 radical (unpaired) electrons. The predicted octanol–water partition coefficient (Wildman–Crippen LogP) is 5.19. The van der Waals surface area contributed by atoms with Gasteiger partial charge >= 0.3 is 0 Å². The zero-order chi connectivity index (χ0) is 30.0. The molecule has 0 heterocycles. The fraction of sp³-hybridized carbons (Fsp3) is 0.355. The van der Waals surface area contributed by atoms with Crippen LogP contribution in [-0.4, -0.2) is 57.1 Å². The summed E-state index contributed by atoms with van der Waals surface area (Å²) in [4.78, 5) is 29.5. The topological polar surface area (TPSA) is 96.0 Å². The highest BCUT2D eigenvalue weighted by atomic mass is 32.2. The molecule has 0 aromatic heterocycles. The number of para-hydroxylation sites is 2. The number of carbonyl (C=O) groups is 2. The molecule has 3 aromatic rings. The molecule has 8 nitrogen and oxygen atoms in total. The molecule has 0 spiro atoms. The average molecular weight is 598 g/mol. The predicted molar refractivity (Wildman–Crippen MR) is 165 cm³/mol. The lowest BCUT2D eigenvalue weighted by Gasteiger charge is -2.32. The first-order chi connectivity index (χ1) is 19.6. The summed E-state index contributed by atoms with van der Waals surface area (Å²) in [6.45, 7) is 7.83. The van der Waals surface area contributed by atoms with Gasteiger partial charge in [0.2, 0.25) is 11.8 Å². The maximum atomic E-state index is 14.1. The quantitative estimate of drug-likeness (QED) is 0.257. The largest absolute Gasteiger partial charge is 0.492 e. The van der Waals surface area contributed by atoms with Gasteiger partial charge in [0.15, 0.2) is 0 Å². The molecule has 0 aliphatic heterocycles. The Morgan fingerprint density at radius 3 is 2.17 bits per heavy atom. The molecule has 41 heavy (non-hydrogen) atoms. The average Bonchev–Trinajstić information content (AvgIpc) is 2.98. The van der Waals surface area contributed by atoms with Gasteiger partial charge in [-0.1, -0.05) is 56.3 Å². The smallest absolute Gasteiger partial charge is 0.264 e. The number of hydrogen-bond acceptors (Lipinski definition) is 6. The minimum absolute atomic E-state index is 0.0479. The van der Waals surface area contributed by atoms with Gasteiger partial charge < -0.3 is 15.0 Å². The van der Waals surface area contributed by atoms with Crippen molar-refractivity contribution in [3.63, 3.8) is 0 Å². The summed E-state index contributed by atoms with van der Waals surface area (Å²) in [6.07, 6.45) is 1.91. The molecule has 0 saturated heterocycles. The van der Waals surface area contributed by atoms with Crippen LogP contribution in [0.15, 0.2) is 88.7 Å². The van der Waals surface area contributed by atoms with Gasteiger partial charge in [0.25, 0.3) is 10.0 Å². The molecule has 10 heteroatoms. The highest BCUT2D eigenvalue weighted by Crippen LogP contribution is 2.33. The van der Waals surface area contributed by atoms with Crippen LogP contribution in [0.4, 0.5) is 5.69 Å². The summed E-state index contributed by atoms with van der Waals surface area (Å²) in [7, 11) is -4.19. The molecule has 0 unspecified atom stereocenters. The van der Waals surface area contributed by atoms with Gasteiger partial charge in [-0.15, -0.1) is 11.8 Å². The van der Waals surface area contributed by atoms with Gasteiger partial charge in [-0.05, 0) is 68.0 Å².